The first-order chi connectivity index (χ1) is 7.75. The summed E-state index contributed by atoms with van der Waals surface area (Å²) in [7, 11) is 0. The predicted molar refractivity (Wildman–Crippen MR) is 64.1 cm³/mol. The van der Waals surface area contributed by atoms with Crippen LogP contribution in [0.5, 0.6) is 0 Å². The Morgan fingerprint density at radius 3 is 2.69 bits per heavy atom. The lowest BCUT2D eigenvalue weighted by molar-refractivity contribution is 0.0925. The second-order valence-electron chi connectivity index (χ2n) is 4.46. The molecular formula is C13H18N2O. The topological polar surface area (TPSA) is 55.1 Å². The van der Waals surface area contributed by atoms with Crippen molar-refractivity contribution in [2.45, 2.75) is 37.8 Å². The molecule has 0 bridgehead atoms. The van der Waals surface area contributed by atoms with E-state index < -0.39 is 0 Å². The van der Waals surface area contributed by atoms with Gasteiger partial charge in [-0.15, -0.1) is 0 Å². The van der Waals surface area contributed by atoms with E-state index in [1.165, 1.54) is 0 Å². The van der Waals surface area contributed by atoms with Gasteiger partial charge < -0.3 is 11.1 Å². The standard InChI is InChI=1S/C13H18N2O/c14-11-7-4-8-12(9-11)15-13(16)10-5-2-1-3-6-10/h1-3,5-6,11-12H,4,7-9,14H2,(H,15,16)/t11-,12+/m0/s1. The summed E-state index contributed by atoms with van der Waals surface area (Å²) in [6, 6.07) is 9.82. The van der Waals surface area contributed by atoms with Crippen molar-refractivity contribution in [2.75, 3.05) is 0 Å². The fraction of sp³-hybridized carbons (Fsp3) is 0.462. The first kappa shape index (κ1) is 11.1. The van der Waals surface area contributed by atoms with Crippen LogP contribution < -0.4 is 11.1 Å². The monoisotopic (exact) mass is 218 g/mol. The summed E-state index contributed by atoms with van der Waals surface area (Å²) in [4.78, 5) is 11.9. The maximum Gasteiger partial charge on any atom is 0.251 e. The zero-order valence-corrected chi connectivity index (χ0v) is 9.36. The molecule has 2 rings (SSSR count). The van der Waals surface area contributed by atoms with Gasteiger partial charge in [0.05, 0.1) is 0 Å². The van der Waals surface area contributed by atoms with E-state index in [1.54, 1.807) is 0 Å². The minimum atomic E-state index is 0.0136. The zero-order valence-electron chi connectivity index (χ0n) is 9.36. The van der Waals surface area contributed by atoms with Crippen LogP contribution in [-0.2, 0) is 0 Å². The Kier molecular flexibility index (Phi) is 3.57. The average Bonchev–Trinajstić information content (AvgIpc) is 2.30. The minimum absolute atomic E-state index is 0.0136. The van der Waals surface area contributed by atoms with Gasteiger partial charge in [-0.3, -0.25) is 4.79 Å². The summed E-state index contributed by atoms with van der Waals surface area (Å²) in [6.07, 6.45) is 4.14. The van der Waals surface area contributed by atoms with Gasteiger partial charge >= 0.3 is 0 Å². The number of carbonyl (C=O) groups excluding carboxylic acids is 1. The molecule has 3 N–H and O–H groups in total. The highest BCUT2D eigenvalue weighted by atomic mass is 16.1. The number of hydrogen-bond donors (Lipinski definition) is 2. The Hall–Kier alpha value is -1.35. The van der Waals surface area contributed by atoms with Crippen molar-refractivity contribution in [3.63, 3.8) is 0 Å². The molecule has 1 aromatic rings. The van der Waals surface area contributed by atoms with Crippen molar-refractivity contribution in [3.8, 4) is 0 Å². The number of rotatable bonds is 2. The van der Waals surface area contributed by atoms with Crippen LogP contribution in [0.4, 0.5) is 0 Å². The number of nitrogens with one attached hydrogen (secondary N) is 1. The van der Waals surface area contributed by atoms with Crippen molar-refractivity contribution in [1.29, 1.82) is 0 Å². The molecule has 1 aliphatic rings. The summed E-state index contributed by atoms with van der Waals surface area (Å²) in [5.41, 5.74) is 6.61. The molecular weight excluding hydrogens is 200 g/mol. The van der Waals surface area contributed by atoms with Gasteiger partial charge in [-0.2, -0.15) is 0 Å². The predicted octanol–water partition coefficient (Wildman–Crippen LogP) is 1.69. The van der Waals surface area contributed by atoms with E-state index in [4.69, 9.17) is 5.73 Å². The molecule has 0 heterocycles. The first-order valence-corrected chi connectivity index (χ1v) is 5.87. The maximum atomic E-state index is 11.9. The van der Waals surface area contributed by atoms with Gasteiger partial charge in [0.25, 0.3) is 5.91 Å². The quantitative estimate of drug-likeness (QED) is 0.793. The van der Waals surface area contributed by atoms with Gasteiger partial charge in [0, 0.05) is 17.6 Å². The molecule has 16 heavy (non-hydrogen) atoms. The number of nitrogens with two attached hydrogens (primary N) is 1. The Labute approximate surface area is 96.0 Å². The van der Waals surface area contributed by atoms with Crippen molar-refractivity contribution < 1.29 is 4.79 Å². The molecule has 3 heteroatoms. The lowest BCUT2D eigenvalue weighted by Crippen LogP contribution is -2.42. The fourth-order valence-corrected chi connectivity index (χ4v) is 2.22. The summed E-state index contributed by atoms with van der Waals surface area (Å²) in [6.45, 7) is 0. The fourth-order valence-electron chi connectivity index (χ4n) is 2.22. The van der Waals surface area contributed by atoms with Crippen LogP contribution in [0.25, 0.3) is 0 Å². The van der Waals surface area contributed by atoms with Crippen molar-refractivity contribution in [3.05, 3.63) is 35.9 Å². The molecule has 1 fully saturated rings. The van der Waals surface area contributed by atoms with Gasteiger partial charge in [-0.1, -0.05) is 18.2 Å². The van der Waals surface area contributed by atoms with E-state index >= 15 is 0 Å². The summed E-state index contributed by atoms with van der Waals surface area (Å²) in [5, 5.41) is 3.05. The molecule has 3 nitrogen and oxygen atoms in total. The largest absolute Gasteiger partial charge is 0.349 e. The number of benzene rings is 1. The molecule has 1 aromatic carbocycles. The first-order valence-electron chi connectivity index (χ1n) is 5.87. The molecule has 0 unspecified atom stereocenters. The molecule has 1 amide bonds. The summed E-state index contributed by atoms with van der Waals surface area (Å²) < 4.78 is 0. The summed E-state index contributed by atoms with van der Waals surface area (Å²) >= 11 is 0. The normalized spacial score (nSPS) is 25.1. The van der Waals surface area contributed by atoms with Crippen LogP contribution in [0.15, 0.2) is 30.3 Å². The van der Waals surface area contributed by atoms with Gasteiger partial charge in [0.1, 0.15) is 0 Å². The van der Waals surface area contributed by atoms with Crippen LogP contribution in [0.1, 0.15) is 36.0 Å². The molecule has 1 aliphatic carbocycles. The molecule has 0 aliphatic heterocycles. The van der Waals surface area contributed by atoms with Crippen molar-refractivity contribution in [2.24, 2.45) is 5.73 Å². The third-order valence-electron chi connectivity index (χ3n) is 3.09. The van der Waals surface area contributed by atoms with Crippen LogP contribution >= 0.6 is 0 Å². The van der Waals surface area contributed by atoms with Crippen LogP contribution in [0.2, 0.25) is 0 Å². The second-order valence-corrected chi connectivity index (χ2v) is 4.46. The lowest BCUT2D eigenvalue weighted by atomic mass is 9.91. The number of carbonyl (C=O) groups is 1. The number of hydrogen-bond acceptors (Lipinski definition) is 2. The lowest BCUT2D eigenvalue weighted by Gasteiger charge is -2.27. The Bertz CT molecular complexity index is 350. The molecule has 0 saturated heterocycles. The Balaban J connectivity index is 1.92. The average molecular weight is 218 g/mol. The molecule has 0 spiro atoms. The third kappa shape index (κ3) is 2.83. The van der Waals surface area contributed by atoms with Gasteiger partial charge in [0.2, 0.25) is 0 Å². The minimum Gasteiger partial charge on any atom is -0.349 e. The van der Waals surface area contributed by atoms with Crippen LogP contribution in [0, 0.1) is 0 Å². The highest BCUT2D eigenvalue weighted by Gasteiger charge is 2.20. The maximum absolute atomic E-state index is 11.9. The SMILES string of the molecule is N[C@H]1CCC[C@@H](NC(=O)c2ccccc2)C1. The summed E-state index contributed by atoms with van der Waals surface area (Å²) in [5.74, 6) is 0.0136. The highest BCUT2D eigenvalue weighted by Crippen LogP contribution is 2.17. The molecule has 86 valence electrons. The molecule has 0 aromatic heterocycles. The Morgan fingerprint density at radius 2 is 2.00 bits per heavy atom. The molecule has 1 saturated carbocycles. The molecule has 0 radical (unpaired) electrons. The second kappa shape index (κ2) is 5.12. The van der Waals surface area contributed by atoms with E-state index in [0.717, 1.165) is 31.2 Å². The highest BCUT2D eigenvalue weighted by molar-refractivity contribution is 5.94. The smallest absolute Gasteiger partial charge is 0.251 e. The van der Waals surface area contributed by atoms with Crippen molar-refractivity contribution >= 4 is 5.91 Å². The van der Waals surface area contributed by atoms with Crippen LogP contribution in [0.3, 0.4) is 0 Å². The number of amides is 1. The zero-order chi connectivity index (χ0) is 11.4. The van der Waals surface area contributed by atoms with Crippen molar-refractivity contribution in [1.82, 2.24) is 5.32 Å². The molecule has 2 atom stereocenters. The third-order valence-corrected chi connectivity index (χ3v) is 3.09. The van der Waals surface area contributed by atoms with E-state index in [0.29, 0.717) is 0 Å². The van der Waals surface area contributed by atoms with Gasteiger partial charge in [-0.05, 0) is 37.8 Å². The van der Waals surface area contributed by atoms with Gasteiger partial charge in [0.15, 0.2) is 0 Å². The van der Waals surface area contributed by atoms with Crippen LogP contribution in [-0.4, -0.2) is 18.0 Å². The van der Waals surface area contributed by atoms with Gasteiger partial charge in [-0.25, -0.2) is 0 Å². The van der Waals surface area contributed by atoms with E-state index in [9.17, 15) is 4.79 Å². The Morgan fingerprint density at radius 1 is 1.25 bits per heavy atom. The van der Waals surface area contributed by atoms with E-state index in [-0.39, 0.29) is 18.0 Å². The van der Waals surface area contributed by atoms with E-state index in [2.05, 4.69) is 5.32 Å². The van der Waals surface area contributed by atoms with E-state index in [1.807, 2.05) is 30.3 Å².